The van der Waals surface area contributed by atoms with Gasteiger partial charge in [-0.2, -0.15) is 5.26 Å². The summed E-state index contributed by atoms with van der Waals surface area (Å²) >= 11 is 2.92. The molecular formula is C13H10BrF2N3. The molecule has 1 aromatic carbocycles. The van der Waals surface area contributed by atoms with Crippen LogP contribution in [-0.4, -0.2) is 4.57 Å². The first-order valence-electron chi connectivity index (χ1n) is 5.40. The molecule has 0 radical (unpaired) electrons. The van der Waals surface area contributed by atoms with Crippen LogP contribution in [-0.2, 0) is 0 Å². The predicted octanol–water partition coefficient (Wildman–Crippen LogP) is 3.59. The van der Waals surface area contributed by atoms with Gasteiger partial charge >= 0.3 is 0 Å². The van der Waals surface area contributed by atoms with Crippen LogP contribution in [0.3, 0.4) is 0 Å². The van der Waals surface area contributed by atoms with Crippen LogP contribution in [0.4, 0.5) is 14.6 Å². The Morgan fingerprint density at radius 1 is 1.26 bits per heavy atom. The minimum atomic E-state index is -0.623. The van der Waals surface area contributed by atoms with Gasteiger partial charge in [-0.05, 0) is 41.4 Å². The Morgan fingerprint density at radius 2 is 1.89 bits per heavy atom. The van der Waals surface area contributed by atoms with Crippen molar-refractivity contribution in [1.29, 1.82) is 5.26 Å². The van der Waals surface area contributed by atoms with Crippen molar-refractivity contribution in [3.8, 4) is 11.8 Å². The number of aromatic nitrogens is 1. The Morgan fingerprint density at radius 3 is 2.42 bits per heavy atom. The average molecular weight is 326 g/mol. The Bertz CT molecular complexity index is 714. The second-order valence-electron chi connectivity index (χ2n) is 4.14. The molecule has 0 amide bonds. The summed E-state index contributed by atoms with van der Waals surface area (Å²) in [6.07, 6.45) is 0. The van der Waals surface area contributed by atoms with Gasteiger partial charge in [0.1, 0.15) is 23.5 Å². The van der Waals surface area contributed by atoms with Crippen LogP contribution in [0.5, 0.6) is 0 Å². The molecule has 19 heavy (non-hydrogen) atoms. The van der Waals surface area contributed by atoms with Gasteiger partial charge in [0.2, 0.25) is 0 Å². The summed E-state index contributed by atoms with van der Waals surface area (Å²) in [4.78, 5) is 0. The maximum Gasteiger partial charge on any atom is 0.148 e. The SMILES string of the molecule is Cc1c(C#N)c(N)n(-c2cc(F)c(Br)cc2F)c1C. The standard InChI is InChI=1S/C13H10BrF2N3/c1-6-7(2)19(13(18)8(6)5-17)12-4-10(15)9(14)3-11(12)16/h3-4H,18H2,1-2H3. The lowest BCUT2D eigenvalue weighted by Crippen LogP contribution is -2.05. The lowest BCUT2D eigenvalue weighted by Gasteiger charge is -2.11. The van der Waals surface area contributed by atoms with E-state index in [0.717, 1.165) is 12.1 Å². The van der Waals surface area contributed by atoms with Crippen LogP contribution < -0.4 is 5.73 Å². The van der Waals surface area contributed by atoms with Crippen molar-refractivity contribution in [1.82, 2.24) is 4.57 Å². The highest BCUT2D eigenvalue weighted by Crippen LogP contribution is 2.30. The minimum absolute atomic E-state index is 0.0136. The highest BCUT2D eigenvalue weighted by molar-refractivity contribution is 9.10. The molecule has 0 aliphatic rings. The molecule has 0 unspecified atom stereocenters. The Kier molecular flexibility index (Phi) is 3.33. The maximum absolute atomic E-state index is 14.0. The van der Waals surface area contributed by atoms with E-state index >= 15 is 0 Å². The van der Waals surface area contributed by atoms with E-state index in [0.29, 0.717) is 11.3 Å². The highest BCUT2D eigenvalue weighted by Gasteiger charge is 2.19. The van der Waals surface area contributed by atoms with Crippen molar-refractivity contribution in [2.75, 3.05) is 5.73 Å². The van der Waals surface area contributed by atoms with Crippen LogP contribution in [0.1, 0.15) is 16.8 Å². The Balaban J connectivity index is 2.81. The van der Waals surface area contributed by atoms with Crippen LogP contribution in [0, 0.1) is 36.8 Å². The summed E-state index contributed by atoms with van der Waals surface area (Å²) in [7, 11) is 0. The lowest BCUT2D eigenvalue weighted by atomic mass is 10.2. The third-order valence-corrected chi connectivity index (χ3v) is 3.70. The normalized spacial score (nSPS) is 10.5. The molecule has 3 nitrogen and oxygen atoms in total. The number of nitrogens with zero attached hydrogens (tertiary/aromatic N) is 2. The molecule has 0 saturated carbocycles. The minimum Gasteiger partial charge on any atom is -0.384 e. The Hall–Kier alpha value is -1.87. The van der Waals surface area contributed by atoms with Crippen LogP contribution >= 0.6 is 15.9 Å². The molecule has 6 heteroatoms. The number of halogens is 3. The largest absolute Gasteiger partial charge is 0.384 e. The zero-order valence-electron chi connectivity index (χ0n) is 10.3. The molecule has 0 atom stereocenters. The van der Waals surface area contributed by atoms with Crippen LogP contribution in [0.25, 0.3) is 5.69 Å². The second-order valence-corrected chi connectivity index (χ2v) is 4.99. The van der Waals surface area contributed by atoms with Gasteiger partial charge in [0.25, 0.3) is 0 Å². The summed E-state index contributed by atoms with van der Waals surface area (Å²) in [5.41, 5.74) is 7.37. The maximum atomic E-state index is 14.0. The van der Waals surface area contributed by atoms with E-state index < -0.39 is 11.6 Å². The van der Waals surface area contributed by atoms with E-state index in [-0.39, 0.29) is 21.5 Å². The van der Waals surface area contributed by atoms with E-state index in [9.17, 15) is 8.78 Å². The third-order valence-electron chi connectivity index (χ3n) is 3.09. The molecule has 0 saturated heterocycles. The molecule has 0 fully saturated rings. The summed E-state index contributed by atoms with van der Waals surface area (Å²) in [6.45, 7) is 3.42. The topological polar surface area (TPSA) is 54.7 Å². The number of hydrogen-bond donors (Lipinski definition) is 1. The smallest absolute Gasteiger partial charge is 0.148 e. The highest BCUT2D eigenvalue weighted by atomic mass is 79.9. The van der Waals surface area contributed by atoms with E-state index in [2.05, 4.69) is 15.9 Å². The number of benzene rings is 1. The van der Waals surface area contributed by atoms with E-state index in [1.54, 1.807) is 13.8 Å². The number of anilines is 1. The molecule has 1 aromatic heterocycles. The fraction of sp³-hybridized carbons (Fsp3) is 0.154. The number of nitriles is 1. The number of rotatable bonds is 1. The molecule has 0 spiro atoms. The van der Waals surface area contributed by atoms with Gasteiger partial charge in [-0.3, -0.25) is 4.57 Å². The number of nitrogens with two attached hydrogens (primary N) is 1. The summed E-state index contributed by atoms with van der Waals surface area (Å²) in [5, 5.41) is 9.03. The van der Waals surface area contributed by atoms with Gasteiger partial charge in [-0.15, -0.1) is 0 Å². The second kappa shape index (κ2) is 4.67. The fourth-order valence-electron chi connectivity index (χ4n) is 1.97. The first kappa shape index (κ1) is 13.6. The van der Waals surface area contributed by atoms with Gasteiger partial charge in [-0.25, -0.2) is 8.78 Å². The molecule has 2 rings (SSSR count). The first-order valence-corrected chi connectivity index (χ1v) is 6.20. The van der Waals surface area contributed by atoms with Crippen LogP contribution in [0.2, 0.25) is 0 Å². The summed E-state index contributed by atoms with van der Waals surface area (Å²) in [6, 6.07) is 4.05. The van der Waals surface area contributed by atoms with Crippen LogP contribution in [0.15, 0.2) is 16.6 Å². The lowest BCUT2D eigenvalue weighted by molar-refractivity contribution is 0.587. The zero-order chi connectivity index (χ0) is 14.3. The average Bonchev–Trinajstić information content (AvgIpc) is 2.56. The summed E-state index contributed by atoms with van der Waals surface area (Å²) < 4.78 is 28.9. The molecule has 2 aromatic rings. The third kappa shape index (κ3) is 2.00. The van der Waals surface area contributed by atoms with Gasteiger partial charge in [0, 0.05) is 11.8 Å². The molecule has 0 bridgehead atoms. The quantitative estimate of drug-likeness (QED) is 0.814. The number of hydrogen-bond acceptors (Lipinski definition) is 2. The first-order chi connectivity index (χ1) is 8.88. The molecule has 2 N–H and O–H groups in total. The van der Waals surface area contributed by atoms with Crippen molar-refractivity contribution < 1.29 is 8.78 Å². The molecular weight excluding hydrogens is 316 g/mol. The fourth-order valence-corrected chi connectivity index (χ4v) is 2.28. The molecule has 1 heterocycles. The summed E-state index contributed by atoms with van der Waals surface area (Å²) in [5.74, 6) is -1.11. The van der Waals surface area contributed by atoms with Crippen molar-refractivity contribution >= 4 is 21.7 Å². The van der Waals surface area contributed by atoms with Gasteiger partial charge in [-0.1, -0.05) is 0 Å². The molecule has 0 aliphatic carbocycles. The van der Waals surface area contributed by atoms with E-state index in [1.807, 2.05) is 6.07 Å². The van der Waals surface area contributed by atoms with Crippen molar-refractivity contribution in [3.63, 3.8) is 0 Å². The molecule has 98 valence electrons. The predicted molar refractivity (Wildman–Crippen MR) is 72.0 cm³/mol. The number of nitrogen functional groups attached to an aromatic ring is 1. The van der Waals surface area contributed by atoms with Crippen molar-refractivity contribution in [2.45, 2.75) is 13.8 Å². The van der Waals surface area contributed by atoms with E-state index in [1.165, 1.54) is 4.57 Å². The van der Waals surface area contributed by atoms with Crippen molar-refractivity contribution in [2.24, 2.45) is 0 Å². The monoisotopic (exact) mass is 325 g/mol. The molecule has 0 aliphatic heterocycles. The van der Waals surface area contributed by atoms with E-state index in [4.69, 9.17) is 11.0 Å². The van der Waals surface area contributed by atoms with Gasteiger partial charge < -0.3 is 5.73 Å². The van der Waals surface area contributed by atoms with Crippen molar-refractivity contribution in [3.05, 3.63) is 45.1 Å². The van der Waals surface area contributed by atoms with Gasteiger partial charge in [0.05, 0.1) is 15.7 Å². The van der Waals surface area contributed by atoms with Gasteiger partial charge in [0.15, 0.2) is 0 Å². The zero-order valence-corrected chi connectivity index (χ0v) is 11.8. The Labute approximate surface area is 117 Å².